The molecule has 0 aromatic heterocycles. The molecule has 2 bridgehead atoms. The summed E-state index contributed by atoms with van der Waals surface area (Å²) in [6, 6.07) is -0.598. The number of hydrogen-bond acceptors (Lipinski definition) is 11. The molecule has 46 heavy (non-hydrogen) atoms. The predicted octanol–water partition coefficient (Wildman–Crippen LogP) is 3.18. The number of ether oxygens (including phenoxy) is 5. The van der Waals surface area contributed by atoms with Crippen molar-refractivity contribution in [3.63, 3.8) is 0 Å². The van der Waals surface area contributed by atoms with Crippen LogP contribution in [0, 0.1) is 17.8 Å². The number of carbonyl (C=O) groups excluding carboxylic acids is 2. The highest BCUT2D eigenvalue weighted by Crippen LogP contribution is 2.43. The molecule has 12 heteroatoms. The minimum Gasteiger partial charge on any atom is -0.455 e. The third-order valence-electron chi connectivity index (χ3n) is 10.5. The van der Waals surface area contributed by atoms with Crippen LogP contribution in [0.1, 0.15) is 75.2 Å². The first-order valence-corrected chi connectivity index (χ1v) is 16.8. The van der Waals surface area contributed by atoms with Crippen molar-refractivity contribution in [1.82, 2.24) is 9.80 Å². The number of fused-ring (bicyclic) bond motifs is 1. The topological polar surface area (TPSA) is 140 Å². The zero-order chi connectivity index (χ0) is 34.3. The van der Waals surface area contributed by atoms with E-state index < -0.39 is 65.9 Å². The molecule has 2 N–H and O–H groups in total. The largest absolute Gasteiger partial charge is 0.455 e. The van der Waals surface area contributed by atoms with Gasteiger partial charge in [0, 0.05) is 35.7 Å². The van der Waals surface area contributed by atoms with Crippen molar-refractivity contribution in [1.29, 1.82) is 0 Å². The Morgan fingerprint density at radius 3 is 2.48 bits per heavy atom. The minimum atomic E-state index is -1.10. The number of rotatable bonds is 6. The first-order chi connectivity index (χ1) is 21.4. The van der Waals surface area contributed by atoms with Crippen LogP contribution in [0.3, 0.4) is 0 Å². The summed E-state index contributed by atoms with van der Waals surface area (Å²) in [5.41, 5.74) is -0.863. The second kappa shape index (κ2) is 14.2. The average molecular weight is 652 g/mol. The van der Waals surface area contributed by atoms with Gasteiger partial charge in [-0.25, -0.2) is 9.59 Å². The van der Waals surface area contributed by atoms with Crippen LogP contribution in [0.2, 0.25) is 0 Å². The van der Waals surface area contributed by atoms with E-state index >= 15 is 0 Å². The summed E-state index contributed by atoms with van der Waals surface area (Å²) in [6.45, 7) is 17.8. The molecule has 1 amide bonds. The molecule has 0 aliphatic carbocycles. The Bertz CT molecular complexity index is 1180. The van der Waals surface area contributed by atoms with E-state index in [9.17, 15) is 19.8 Å². The third-order valence-corrected chi connectivity index (χ3v) is 10.5. The van der Waals surface area contributed by atoms with Crippen molar-refractivity contribution < 1.29 is 43.5 Å². The van der Waals surface area contributed by atoms with Crippen LogP contribution < -0.4 is 0 Å². The Kier molecular flexibility index (Phi) is 11.3. The molecule has 2 saturated heterocycles. The standard InChI is InChI=1S/C34H57N3O9/c1-18-14-19(2)30(40)44-24(7)34(9)28-23(6)26(35-12-13-37(28)32(41)46-34)20(3)16-33(8,42-17-21(4)38)29(18)45-31-27(39)25(36(10)11)15-22(5)43-31/h14,18,20-25,27-29,31,38-39H,12-13,15-17H2,1-11H3/b19-14+/t18-,20+,21?,22-,23+,24-,25+,27?,28+,29+,31+,33-,34+/m0/s1. The monoisotopic (exact) mass is 651 g/mol. The molecule has 2 fully saturated rings. The molecule has 4 aliphatic heterocycles. The molecule has 4 aliphatic rings. The molecule has 0 aromatic rings. The first-order valence-electron chi connectivity index (χ1n) is 16.8. The molecule has 0 spiro atoms. The van der Waals surface area contributed by atoms with Crippen LogP contribution in [-0.2, 0) is 28.5 Å². The average Bonchev–Trinajstić information content (AvgIpc) is 3.09. The predicted molar refractivity (Wildman–Crippen MR) is 172 cm³/mol. The normalized spacial score (nSPS) is 44.3. The van der Waals surface area contributed by atoms with E-state index in [-0.39, 0.29) is 30.6 Å². The van der Waals surface area contributed by atoms with Gasteiger partial charge in [-0.3, -0.25) is 9.89 Å². The maximum Gasteiger partial charge on any atom is 0.410 e. The van der Waals surface area contributed by atoms with Gasteiger partial charge in [0.05, 0.1) is 43.1 Å². The Balaban J connectivity index is 1.83. The lowest BCUT2D eigenvalue weighted by atomic mass is 9.74. The number of aliphatic hydroxyl groups excluding tert-OH is 2. The van der Waals surface area contributed by atoms with Crippen LogP contribution in [0.4, 0.5) is 4.79 Å². The second-order valence-corrected chi connectivity index (χ2v) is 14.7. The number of aliphatic hydroxyl groups is 2. The van der Waals surface area contributed by atoms with Gasteiger partial charge < -0.3 is 38.8 Å². The lowest BCUT2D eigenvalue weighted by Gasteiger charge is -2.47. The van der Waals surface area contributed by atoms with E-state index in [1.165, 1.54) is 0 Å². The molecular formula is C34H57N3O9. The molecule has 4 rings (SSSR count). The fourth-order valence-electron chi connectivity index (χ4n) is 8.07. The highest BCUT2D eigenvalue weighted by Gasteiger charge is 2.59. The number of amides is 1. The van der Waals surface area contributed by atoms with E-state index in [0.29, 0.717) is 31.5 Å². The number of nitrogens with zero attached hydrogens (tertiary/aromatic N) is 3. The molecule has 13 atom stereocenters. The van der Waals surface area contributed by atoms with Crippen LogP contribution >= 0.6 is 0 Å². The van der Waals surface area contributed by atoms with Crippen molar-refractivity contribution in [2.45, 2.75) is 135 Å². The maximum atomic E-state index is 13.6. The molecule has 4 heterocycles. The third kappa shape index (κ3) is 7.32. The van der Waals surface area contributed by atoms with E-state index in [1.54, 1.807) is 31.7 Å². The highest BCUT2D eigenvalue weighted by atomic mass is 16.7. The number of esters is 1. The van der Waals surface area contributed by atoms with Crippen molar-refractivity contribution in [2.24, 2.45) is 22.7 Å². The van der Waals surface area contributed by atoms with E-state index in [4.69, 9.17) is 28.7 Å². The fourth-order valence-corrected chi connectivity index (χ4v) is 8.07. The Morgan fingerprint density at radius 1 is 1.17 bits per heavy atom. The van der Waals surface area contributed by atoms with Gasteiger partial charge in [-0.15, -0.1) is 0 Å². The molecule has 0 radical (unpaired) electrons. The zero-order valence-corrected chi connectivity index (χ0v) is 29.6. The molecule has 0 saturated carbocycles. The molecule has 12 nitrogen and oxygen atoms in total. The van der Waals surface area contributed by atoms with Crippen molar-refractivity contribution in [3.05, 3.63) is 11.6 Å². The van der Waals surface area contributed by atoms with Crippen LogP contribution in [-0.4, -0.2) is 132 Å². The van der Waals surface area contributed by atoms with Crippen molar-refractivity contribution in [2.75, 3.05) is 33.8 Å². The summed E-state index contributed by atoms with van der Waals surface area (Å²) in [7, 11) is 3.85. The summed E-state index contributed by atoms with van der Waals surface area (Å²) >= 11 is 0. The van der Waals surface area contributed by atoms with E-state index in [2.05, 4.69) is 6.92 Å². The smallest absolute Gasteiger partial charge is 0.410 e. The summed E-state index contributed by atoms with van der Waals surface area (Å²) in [5.74, 6) is -1.31. The van der Waals surface area contributed by atoms with Gasteiger partial charge in [-0.1, -0.05) is 26.8 Å². The van der Waals surface area contributed by atoms with E-state index in [1.807, 2.05) is 53.6 Å². The van der Waals surface area contributed by atoms with Gasteiger partial charge >= 0.3 is 12.1 Å². The first kappa shape index (κ1) is 36.7. The van der Waals surface area contributed by atoms with Crippen LogP contribution in [0.15, 0.2) is 16.6 Å². The number of carbonyl (C=O) groups is 2. The van der Waals surface area contributed by atoms with Gasteiger partial charge in [0.1, 0.15) is 12.2 Å². The summed E-state index contributed by atoms with van der Waals surface area (Å²) in [4.78, 5) is 35.4. The SMILES string of the molecule is C/C1=C\[C@H](C)[C@@H](O[C@H]2O[C@@H](C)C[C@@H](N(C)C)C2O)[C@@](C)(OCC(C)O)C[C@@H](C)C2=NCCN3C(=O)O[C@](C)([C@H](C)OC1=O)[C@H]3[C@@H]2C. The Labute approximate surface area is 274 Å². The summed E-state index contributed by atoms with van der Waals surface area (Å²) in [5, 5.41) is 21.8. The van der Waals surface area contributed by atoms with Gasteiger partial charge in [0.15, 0.2) is 11.9 Å². The zero-order valence-electron chi connectivity index (χ0n) is 29.6. The van der Waals surface area contributed by atoms with Crippen LogP contribution in [0.25, 0.3) is 0 Å². The van der Waals surface area contributed by atoms with Gasteiger partial charge in [0.25, 0.3) is 0 Å². The quantitative estimate of drug-likeness (QED) is 0.412. The lowest BCUT2D eigenvalue weighted by molar-refractivity contribution is -0.297. The van der Waals surface area contributed by atoms with Crippen molar-refractivity contribution >= 4 is 17.8 Å². The van der Waals surface area contributed by atoms with Crippen molar-refractivity contribution in [3.8, 4) is 0 Å². The number of aliphatic imine (C=N–C) groups is 1. The molecule has 262 valence electrons. The van der Waals surface area contributed by atoms with Gasteiger partial charge in [-0.2, -0.15) is 0 Å². The second-order valence-electron chi connectivity index (χ2n) is 14.7. The lowest BCUT2D eigenvalue weighted by Crippen LogP contribution is -2.59. The van der Waals surface area contributed by atoms with Gasteiger partial charge in [0.2, 0.25) is 0 Å². The minimum absolute atomic E-state index is 0.0434. The molecule has 2 unspecified atom stereocenters. The fraction of sp³-hybridized carbons (Fsp3) is 0.853. The summed E-state index contributed by atoms with van der Waals surface area (Å²) < 4.78 is 31.6. The number of cyclic esters (lactones) is 1. The van der Waals surface area contributed by atoms with E-state index in [0.717, 1.165) is 5.71 Å². The molecule has 0 aromatic carbocycles. The molecular weight excluding hydrogens is 594 g/mol. The number of hydrogen-bond donors (Lipinski definition) is 2. The van der Waals surface area contributed by atoms with Gasteiger partial charge in [-0.05, 0) is 74.4 Å². The highest BCUT2D eigenvalue weighted by molar-refractivity contribution is 5.91. The van der Waals surface area contributed by atoms with Crippen LogP contribution in [0.5, 0.6) is 0 Å². The Morgan fingerprint density at radius 2 is 1.85 bits per heavy atom. The summed E-state index contributed by atoms with van der Waals surface area (Å²) in [6.07, 6.45) is -1.82. The maximum absolute atomic E-state index is 13.6. The Hall–Kier alpha value is -2.09. The number of likely N-dealkylation sites (N-methyl/N-ethyl adjacent to an activating group) is 1.